The minimum Gasteiger partial charge on any atom is -0.360 e. The number of amides is 1. The van der Waals surface area contributed by atoms with Gasteiger partial charge in [0.15, 0.2) is 0 Å². The highest BCUT2D eigenvalue weighted by Gasteiger charge is 2.24. The largest absolute Gasteiger partial charge is 0.360 e. The molecule has 1 aliphatic carbocycles. The highest BCUT2D eigenvalue weighted by atomic mass is 79.9. The summed E-state index contributed by atoms with van der Waals surface area (Å²) in [7, 11) is 0. The molecule has 106 valence electrons. The molecule has 2 N–H and O–H groups in total. The summed E-state index contributed by atoms with van der Waals surface area (Å²) in [5.74, 6) is 0.609. The summed E-state index contributed by atoms with van der Waals surface area (Å²) in [6.07, 6.45) is 6.62. The minimum absolute atomic E-state index is 0.0353. The highest BCUT2D eigenvalue weighted by Crippen LogP contribution is 2.26. The molecule has 2 atom stereocenters. The minimum atomic E-state index is 0.0353. The summed E-state index contributed by atoms with van der Waals surface area (Å²) in [6, 6.07) is 6.27. The number of aromatic nitrogens is 1. The molecule has 0 saturated heterocycles. The quantitative estimate of drug-likeness (QED) is 0.847. The van der Waals surface area contributed by atoms with Crippen LogP contribution in [0.3, 0.4) is 0 Å². The molecule has 0 bridgehead atoms. The van der Waals surface area contributed by atoms with Gasteiger partial charge in [0.2, 0.25) is 0 Å². The lowest BCUT2D eigenvalue weighted by atomic mass is 9.86. The molecule has 2 aromatic rings. The van der Waals surface area contributed by atoms with Crippen LogP contribution in [0.15, 0.2) is 28.9 Å². The molecule has 0 unspecified atom stereocenters. The van der Waals surface area contributed by atoms with E-state index in [1.165, 1.54) is 19.3 Å². The van der Waals surface area contributed by atoms with Crippen molar-refractivity contribution >= 4 is 32.7 Å². The standard InChI is InChI=1S/C16H19BrN2O/c1-10-4-2-3-5-14(10)19-16(20)13-9-18-15-7-6-11(17)8-12(13)15/h6-10,14,18H,2-5H2,1H3,(H,19,20)/t10-,14-/m1/s1. The van der Waals surface area contributed by atoms with Crippen molar-refractivity contribution < 1.29 is 4.79 Å². The van der Waals surface area contributed by atoms with E-state index >= 15 is 0 Å². The van der Waals surface area contributed by atoms with E-state index in [2.05, 4.69) is 33.2 Å². The topological polar surface area (TPSA) is 44.9 Å². The molecule has 3 rings (SSSR count). The fourth-order valence-corrected chi connectivity index (χ4v) is 3.42. The van der Waals surface area contributed by atoms with E-state index in [4.69, 9.17) is 0 Å². The van der Waals surface area contributed by atoms with Crippen molar-refractivity contribution in [3.05, 3.63) is 34.4 Å². The molecule has 1 aromatic carbocycles. The van der Waals surface area contributed by atoms with Gasteiger partial charge in [-0.2, -0.15) is 0 Å². The van der Waals surface area contributed by atoms with Crippen molar-refractivity contribution in [2.45, 2.75) is 38.6 Å². The van der Waals surface area contributed by atoms with Crippen molar-refractivity contribution in [3.63, 3.8) is 0 Å². The second kappa shape index (κ2) is 5.60. The number of fused-ring (bicyclic) bond motifs is 1. The van der Waals surface area contributed by atoms with E-state index in [-0.39, 0.29) is 5.91 Å². The van der Waals surface area contributed by atoms with Crippen molar-refractivity contribution in [1.82, 2.24) is 10.3 Å². The van der Waals surface area contributed by atoms with Crippen molar-refractivity contribution in [2.24, 2.45) is 5.92 Å². The normalized spacial score (nSPS) is 22.9. The summed E-state index contributed by atoms with van der Waals surface area (Å²) in [5, 5.41) is 4.18. The van der Waals surface area contributed by atoms with Gasteiger partial charge in [0, 0.05) is 27.6 Å². The first kappa shape index (κ1) is 13.7. The van der Waals surface area contributed by atoms with Gasteiger partial charge in [-0.05, 0) is 37.0 Å². The lowest BCUT2D eigenvalue weighted by Gasteiger charge is -2.29. The third kappa shape index (κ3) is 2.62. The zero-order valence-electron chi connectivity index (χ0n) is 11.6. The smallest absolute Gasteiger partial charge is 0.253 e. The van der Waals surface area contributed by atoms with Gasteiger partial charge >= 0.3 is 0 Å². The molecule has 0 radical (unpaired) electrons. The van der Waals surface area contributed by atoms with Crippen molar-refractivity contribution in [3.8, 4) is 0 Å². The molecular formula is C16H19BrN2O. The Hall–Kier alpha value is -1.29. The van der Waals surface area contributed by atoms with Crippen LogP contribution in [0.5, 0.6) is 0 Å². The molecule has 1 heterocycles. The predicted octanol–water partition coefficient (Wildman–Crippen LogP) is 4.24. The number of benzene rings is 1. The Morgan fingerprint density at radius 2 is 2.15 bits per heavy atom. The molecule has 1 saturated carbocycles. The summed E-state index contributed by atoms with van der Waals surface area (Å²) in [5.41, 5.74) is 1.73. The van der Waals surface area contributed by atoms with Gasteiger partial charge in [-0.25, -0.2) is 0 Å². The average Bonchev–Trinajstić information content (AvgIpc) is 2.84. The van der Waals surface area contributed by atoms with Gasteiger partial charge in [-0.15, -0.1) is 0 Å². The Balaban J connectivity index is 1.83. The van der Waals surface area contributed by atoms with Crippen LogP contribution in [-0.2, 0) is 0 Å². The monoisotopic (exact) mass is 334 g/mol. The van der Waals surface area contributed by atoms with Gasteiger partial charge < -0.3 is 10.3 Å². The first-order valence-corrected chi connectivity index (χ1v) is 8.02. The van der Waals surface area contributed by atoms with Crippen molar-refractivity contribution in [1.29, 1.82) is 0 Å². The number of rotatable bonds is 2. The highest BCUT2D eigenvalue weighted by molar-refractivity contribution is 9.10. The van der Waals surface area contributed by atoms with Crippen molar-refractivity contribution in [2.75, 3.05) is 0 Å². The Kier molecular flexibility index (Phi) is 3.83. The molecule has 1 fully saturated rings. The zero-order chi connectivity index (χ0) is 14.1. The van der Waals surface area contributed by atoms with Crippen LogP contribution < -0.4 is 5.32 Å². The van der Waals surface area contributed by atoms with Crippen LogP contribution in [0.2, 0.25) is 0 Å². The summed E-state index contributed by atoms with van der Waals surface area (Å²) < 4.78 is 0.990. The maximum Gasteiger partial charge on any atom is 0.253 e. The lowest BCUT2D eigenvalue weighted by Crippen LogP contribution is -2.40. The maximum absolute atomic E-state index is 12.5. The van der Waals surface area contributed by atoms with Gasteiger partial charge in [-0.1, -0.05) is 35.7 Å². The van der Waals surface area contributed by atoms with Gasteiger partial charge in [0.25, 0.3) is 5.91 Å². The summed E-state index contributed by atoms with van der Waals surface area (Å²) in [4.78, 5) is 15.7. The Labute approximate surface area is 127 Å². The predicted molar refractivity (Wildman–Crippen MR) is 84.9 cm³/mol. The number of hydrogen-bond donors (Lipinski definition) is 2. The van der Waals surface area contributed by atoms with E-state index in [0.29, 0.717) is 12.0 Å². The van der Waals surface area contributed by atoms with Crippen LogP contribution in [-0.4, -0.2) is 16.9 Å². The number of nitrogens with one attached hydrogen (secondary N) is 2. The second-order valence-electron chi connectivity index (χ2n) is 5.73. The van der Waals surface area contributed by atoms with Crippen LogP contribution in [0.25, 0.3) is 10.9 Å². The van der Waals surface area contributed by atoms with E-state index in [1.807, 2.05) is 18.2 Å². The SMILES string of the molecule is C[C@@H]1CCCC[C@H]1NC(=O)c1c[nH]c2ccc(Br)cc12. The van der Waals surface area contributed by atoms with E-state index in [0.717, 1.165) is 27.4 Å². The van der Waals surface area contributed by atoms with E-state index < -0.39 is 0 Å². The zero-order valence-corrected chi connectivity index (χ0v) is 13.2. The van der Waals surface area contributed by atoms with E-state index in [1.54, 1.807) is 6.20 Å². The number of halogens is 1. The van der Waals surface area contributed by atoms with E-state index in [9.17, 15) is 4.79 Å². The molecule has 1 aliphatic rings. The Morgan fingerprint density at radius 1 is 1.35 bits per heavy atom. The number of carbonyl (C=O) groups is 1. The number of aromatic amines is 1. The fraction of sp³-hybridized carbons (Fsp3) is 0.438. The van der Waals surface area contributed by atoms with Crippen LogP contribution in [0.4, 0.5) is 0 Å². The van der Waals surface area contributed by atoms with Crippen LogP contribution in [0.1, 0.15) is 43.0 Å². The van der Waals surface area contributed by atoms with Gasteiger partial charge in [-0.3, -0.25) is 4.79 Å². The number of carbonyl (C=O) groups excluding carboxylic acids is 1. The fourth-order valence-electron chi connectivity index (χ4n) is 3.06. The lowest BCUT2D eigenvalue weighted by molar-refractivity contribution is 0.0912. The Bertz CT molecular complexity index is 634. The molecule has 4 heteroatoms. The van der Waals surface area contributed by atoms with Gasteiger partial charge in [0.05, 0.1) is 5.56 Å². The molecule has 0 aliphatic heterocycles. The molecule has 3 nitrogen and oxygen atoms in total. The number of H-pyrrole nitrogens is 1. The van der Waals surface area contributed by atoms with Crippen LogP contribution >= 0.6 is 15.9 Å². The number of hydrogen-bond acceptors (Lipinski definition) is 1. The molecule has 1 amide bonds. The Morgan fingerprint density at radius 3 is 2.95 bits per heavy atom. The average molecular weight is 335 g/mol. The van der Waals surface area contributed by atoms with Gasteiger partial charge in [0.1, 0.15) is 0 Å². The first-order valence-electron chi connectivity index (χ1n) is 7.22. The van der Waals surface area contributed by atoms with Crippen LogP contribution in [0, 0.1) is 5.92 Å². The third-order valence-corrected chi connectivity index (χ3v) is 4.81. The third-order valence-electron chi connectivity index (χ3n) is 4.32. The maximum atomic E-state index is 12.5. The molecule has 0 spiro atoms. The molecule has 1 aromatic heterocycles. The molecular weight excluding hydrogens is 316 g/mol. The first-order chi connectivity index (χ1) is 9.65. The second-order valence-corrected chi connectivity index (χ2v) is 6.65. The summed E-state index contributed by atoms with van der Waals surface area (Å²) >= 11 is 3.46. The summed E-state index contributed by atoms with van der Waals surface area (Å²) in [6.45, 7) is 2.23. The molecule has 20 heavy (non-hydrogen) atoms.